The number of piperidine rings is 1. The number of alkyl halides is 2. The number of nitrogens with zero attached hydrogens (tertiary/aromatic N) is 1. The Bertz CT molecular complexity index is 341. The Balaban J connectivity index is 2.12. The van der Waals surface area contributed by atoms with Gasteiger partial charge in [0, 0.05) is 12.6 Å². The first kappa shape index (κ1) is 13.5. The normalized spacial score (nSPS) is 31.1. The highest BCUT2D eigenvalue weighted by atomic mass is 19.3. The summed E-state index contributed by atoms with van der Waals surface area (Å²) >= 11 is 0. The van der Waals surface area contributed by atoms with Crippen molar-refractivity contribution in [3.05, 3.63) is 0 Å². The van der Waals surface area contributed by atoms with Crippen molar-refractivity contribution in [2.45, 2.75) is 44.8 Å². The molecule has 2 atom stereocenters. The van der Waals surface area contributed by atoms with Crippen molar-refractivity contribution in [3.8, 4) is 0 Å². The van der Waals surface area contributed by atoms with Crippen LogP contribution in [0.1, 0.15) is 27.2 Å². The van der Waals surface area contributed by atoms with E-state index in [1.165, 1.54) is 4.90 Å². The molecule has 0 aromatic rings. The summed E-state index contributed by atoms with van der Waals surface area (Å²) in [5.74, 6) is -3.62. The van der Waals surface area contributed by atoms with Crippen molar-refractivity contribution >= 4 is 6.09 Å². The molecule has 2 aliphatic heterocycles. The smallest absolute Gasteiger partial charge is 0.410 e. The van der Waals surface area contributed by atoms with Crippen molar-refractivity contribution in [3.63, 3.8) is 0 Å². The summed E-state index contributed by atoms with van der Waals surface area (Å²) in [6.45, 7) is 5.60. The largest absolute Gasteiger partial charge is 0.444 e. The summed E-state index contributed by atoms with van der Waals surface area (Å²) in [6.07, 6.45) is -0.0731. The Kier molecular flexibility index (Phi) is 3.25. The van der Waals surface area contributed by atoms with Gasteiger partial charge < -0.3 is 10.1 Å². The molecule has 2 fully saturated rings. The SMILES string of the molecule is CC(C)(C)OC(=O)N1CC(F)(F)C2CNCCC21. The number of fused-ring (bicyclic) bond motifs is 1. The van der Waals surface area contributed by atoms with E-state index in [4.69, 9.17) is 4.74 Å². The van der Waals surface area contributed by atoms with E-state index in [1.807, 2.05) is 0 Å². The zero-order valence-corrected chi connectivity index (χ0v) is 11.0. The molecule has 2 rings (SSSR count). The first-order chi connectivity index (χ1) is 8.21. The van der Waals surface area contributed by atoms with E-state index in [-0.39, 0.29) is 6.54 Å². The van der Waals surface area contributed by atoms with Crippen LogP contribution in [-0.4, -0.2) is 48.2 Å². The van der Waals surface area contributed by atoms with E-state index in [1.54, 1.807) is 20.8 Å². The monoisotopic (exact) mass is 262 g/mol. The molecule has 0 bridgehead atoms. The number of carbonyl (C=O) groups is 1. The van der Waals surface area contributed by atoms with Crippen LogP contribution >= 0.6 is 0 Å². The van der Waals surface area contributed by atoms with Crippen LogP contribution in [0.15, 0.2) is 0 Å². The number of halogens is 2. The number of ether oxygens (including phenoxy) is 1. The molecule has 0 saturated carbocycles. The maximum atomic E-state index is 13.8. The van der Waals surface area contributed by atoms with E-state index in [2.05, 4.69) is 5.32 Å². The van der Waals surface area contributed by atoms with E-state index in [0.29, 0.717) is 13.0 Å². The lowest BCUT2D eigenvalue weighted by Crippen LogP contribution is -2.48. The van der Waals surface area contributed by atoms with Gasteiger partial charge in [-0.05, 0) is 33.7 Å². The molecule has 0 radical (unpaired) electrons. The highest BCUT2D eigenvalue weighted by Crippen LogP contribution is 2.40. The van der Waals surface area contributed by atoms with E-state index in [0.717, 1.165) is 0 Å². The van der Waals surface area contributed by atoms with Gasteiger partial charge in [0.05, 0.1) is 12.5 Å². The summed E-state index contributed by atoms with van der Waals surface area (Å²) < 4.78 is 32.9. The predicted molar refractivity (Wildman–Crippen MR) is 62.7 cm³/mol. The van der Waals surface area contributed by atoms with Crippen LogP contribution in [0.3, 0.4) is 0 Å². The van der Waals surface area contributed by atoms with E-state index < -0.39 is 36.1 Å². The number of nitrogens with one attached hydrogen (secondary N) is 1. The number of hydrogen-bond acceptors (Lipinski definition) is 3. The molecule has 0 aromatic carbocycles. The quantitative estimate of drug-likeness (QED) is 0.724. The second-order valence-corrected chi connectivity index (χ2v) is 6.04. The highest BCUT2D eigenvalue weighted by Gasteiger charge is 2.56. The van der Waals surface area contributed by atoms with Crippen LogP contribution in [0.5, 0.6) is 0 Å². The predicted octanol–water partition coefficient (Wildman–Crippen LogP) is 1.85. The van der Waals surface area contributed by atoms with Gasteiger partial charge in [0.2, 0.25) is 0 Å². The summed E-state index contributed by atoms with van der Waals surface area (Å²) in [4.78, 5) is 13.2. The van der Waals surface area contributed by atoms with Gasteiger partial charge in [0.1, 0.15) is 5.60 Å². The van der Waals surface area contributed by atoms with E-state index in [9.17, 15) is 13.6 Å². The Morgan fingerprint density at radius 2 is 2.11 bits per heavy atom. The van der Waals surface area contributed by atoms with Gasteiger partial charge in [-0.25, -0.2) is 13.6 Å². The summed E-state index contributed by atoms with van der Waals surface area (Å²) in [5, 5.41) is 2.96. The van der Waals surface area contributed by atoms with Crippen molar-refractivity contribution in [1.29, 1.82) is 0 Å². The third kappa shape index (κ3) is 2.58. The number of hydrogen-bond donors (Lipinski definition) is 1. The third-order valence-corrected chi connectivity index (χ3v) is 3.40. The molecule has 4 nitrogen and oxygen atoms in total. The Hall–Kier alpha value is -0.910. The molecule has 1 N–H and O–H groups in total. The fourth-order valence-corrected chi connectivity index (χ4v) is 2.63. The molecule has 2 unspecified atom stereocenters. The van der Waals surface area contributed by atoms with Gasteiger partial charge in [-0.2, -0.15) is 0 Å². The van der Waals surface area contributed by atoms with Crippen molar-refractivity contribution < 1.29 is 18.3 Å². The Morgan fingerprint density at radius 1 is 1.44 bits per heavy atom. The zero-order valence-electron chi connectivity index (χ0n) is 11.0. The molecule has 2 saturated heterocycles. The van der Waals surface area contributed by atoms with Crippen molar-refractivity contribution in [2.75, 3.05) is 19.6 Å². The molecule has 0 spiro atoms. The summed E-state index contributed by atoms with van der Waals surface area (Å²) in [5.41, 5.74) is -0.655. The van der Waals surface area contributed by atoms with Crippen LogP contribution in [0, 0.1) is 5.92 Å². The van der Waals surface area contributed by atoms with Crippen LogP contribution in [0.25, 0.3) is 0 Å². The molecule has 0 aliphatic carbocycles. The molecule has 18 heavy (non-hydrogen) atoms. The maximum Gasteiger partial charge on any atom is 0.410 e. The molecule has 1 amide bonds. The Labute approximate surface area is 106 Å². The van der Waals surface area contributed by atoms with Gasteiger partial charge in [-0.15, -0.1) is 0 Å². The van der Waals surface area contributed by atoms with Crippen LogP contribution in [0.2, 0.25) is 0 Å². The standard InChI is InChI=1S/C12H20F2N2O2/c1-11(2,3)18-10(17)16-7-12(13,14)8-6-15-5-4-9(8)16/h8-9,15H,4-7H2,1-3H3. The highest BCUT2D eigenvalue weighted by molar-refractivity contribution is 5.69. The van der Waals surface area contributed by atoms with Gasteiger partial charge in [-0.1, -0.05) is 0 Å². The third-order valence-electron chi connectivity index (χ3n) is 3.40. The number of rotatable bonds is 0. The van der Waals surface area contributed by atoms with Crippen LogP contribution < -0.4 is 5.32 Å². The second kappa shape index (κ2) is 4.33. The fourth-order valence-electron chi connectivity index (χ4n) is 2.63. The minimum Gasteiger partial charge on any atom is -0.444 e. The molecule has 2 aliphatic rings. The van der Waals surface area contributed by atoms with Crippen molar-refractivity contribution in [1.82, 2.24) is 10.2 Å². The molecular formula is C12H20F2N2O2. The molecule has 104 valence electrons. The second-order valence-electron chi connectivity index (χ2n) is 6.04. The lowest BCUT2D eigenvalue weighted by Gasteiger charge is -2.33. The average Bonchev–Trinajstić information content (AvgIpc) is 2.50. The lowest BCUT2D eigenvalue weighted by atomic mass is 9.92. The summed E-state index contributed by atoms with van der Waals surface area (Å²) in [6, 6.07) is -0.406. The van der Waals surface area contributed by atoms with E-state index >= 15 is 0 Å². The van der Waals surface area contributed by atoms with Crippen LogP contribution in [-0.2, 0) is 4.74 Å². The van der Waals surface area contributed by atoms with Gasteiger partial charge in [-0.3, -0.25) is 4.90 Å². The number of carbonyl (C=O) groups excluding carboxylic acids is 1. The first-order valence-electron chi connectivity index (χ1n) is 6.29. The average molecular weight is 262 g/mol. The lowest BCUT2D eigenvalue weighted by molar-refractivity contribution is -0.0337. The maximum absolute atomic E-state index is 13.8. The Morgan fingerprint density at radius 3 is 2.72 bits per heavy atom. The summed E-state index contributed by atoms with van der Waals surface area (Å²) in [7, 11) is 0. The number of likely N-dealkylation sites (tertiary alicyclic amines) is 1. The van der Waals surface area contributed by atoms with Crippen molar-refractivity contribution in [2.24, 2.45) is 5.92 Å². The first-order valence-corrected chi connectivity index (χ1v) is 6.29. The molecule has 2 heterocycles. The number of amides is 1. The zero-order chi connectivity index (χ0) is 13.6. The van der Waals surface area contributed by atoms with Gasteiger partial charge >= 0.3 is 6.09 Å². The molecule has 0 aromatic heterocycles. The van der Waals surface area contributed by atoms with Crippen LogP contribution in [0.4, 0.5) is 13.6 Å². The fraction of sp³-hybridized carbons (Fsp3) is 0.917. The molecule has 6 heteroatoms. The molecular weight excluding hydrogens is 242 g/mol. The topological polar surface area (TPSA) is 41.6 Å². The minimum absolute atomic E-state index is 0.261. The minimum atomic E-state index is -2.82. The van der Waals surface area contributed by atoms with Gasteiger partial charge in [0.15, 0.2) is 0 Å². The van der Waals surface area contributed by atoms with Gasteiger partial charge in [0.25, 0.3) is 5.92 Å².